The van der Waals surface area contributed by atoms with Gasteiger partial charge >= 0.3 is 5.97 Å². The van der Waals surface area contributed by atoms with Crippen molar-refractivity contribution in [1.82, 2.24) is 4.90 Å². The summed E-state index contributed by atoms with van der Waals surface area (Å²) in [5.74, 6) is -0.131. The summed E-state index contributed by atoms with van der Waals surface area (Å²) in [7, 11) is 1.46. The second kappa shape index (κ2) is 6.97. The van der Waals surface area contributed by atoms with Crippen LogP contribution in [0.5, 0.6) is 0 Å². The minimum atomic E-state index is -0.140. The third-order valence-corrected chi connectivity index (χ3v) is 3.73. The third kappa shape index (κ3) is 3.96. The lowest BCUT2D eigenvalue weighted by atomic mass is 9.90. The molecular formula is C13H26N2O2. The molecule has 1 saturated carbocycles. The van der Waals surface area contributed by atoms with Gasteiger partial charge in [0.15, 0.2) is 0 Å². The molecule has 0 aromatic rings. The van der Waals surface area contributed by atoms with E-state index in [2.05, 4.69) is 11.8 Å². The van der Waals surface area contributed by atoms with Gasteiger partial charge in [-0.25, -0.2) is 0 Å². The Morgan fingerprint density at radius 3 is 2.47 bits per heavy atom. The van der Waals surface area contributed by atoms with Gasteiger partial charge in [0.25, 0.3) is 0 Å². The number of carbonyl (C=O) groups is 1. The predicted molar refractivity (Wildman–Crippen MR) is 68.7 cm³/mol. The normalized spacial score (nSPS) is 26.9. The Morgan fingerprint density at radius 2 is 2.00 bits per heavy atom. The van der Waals surface area contributed by atoms with Crippen molar-refractivity contribution in [3.63, 3.8) is 0 Å². The van der Waals surface area contributed by atoms with Crippen LogP contribution < -0.4 is 5.73 Å². The fraction of sp³-hybridized carbons (Fsp3) is 0.923. The molecule has 100 valence electrons. The van der Waals surface area contributed by atoms with Crippen molar-refractivity contribution in [3.8, 4) is 0 Å². The maximum Gasteiger partial charge on any atom is 0.322 e. The highest BCUT2D eigenvalue weighted by Crippen LogP contribution is 2.24. The summed E-state index contributed by atoms with van der Waals surface area (Å²) in [5, 5.41) is 0. The van der Waals surface area contributed by atoms with E-state index in [1.807, 2.05) is 6.92 Å². The van der Waals surface area contributed by atoms with Crippen LogP contribution in [0.3, 0.4) is 0 Å². The number of esters is 1. The van der Waals surface area contributed by atoms with Gasteiger partial charge in [-0.05, 0) is 45.6 Å². The molecule has 0 aromatic heterocycles. The number of rotatable bonds is 5. The maximum absolute atomic E-state index is 11.6. The van der Waals surface area contributed by atoms with Crippen molar-refractivity contribution in [2.24, 2.45) is 5.73 Å². The quantitative estimate of drug-likeness (QED) is 0.743. The zero-order valence-electron chi connectivity index (χ0n) is 11.3. The molecule has 1 atom stereocenters. The summed E-state index contributed by atoms with van der Waals surface area (Å²) in [5.41, 5.74) is 5.92. The molecule has 1 fully saturated rings. The van der Waals surface area contributed by atoms with E-state index in [0.29, 0.717) is 12.1 Å². The molecule has 0 bridgehead atoms. The van der Waals surface area contributed by atoms with Crippen LogP contribution in [0.1, 0.15) is 46.0 Å². The van der Waals surface area contributed by atoms with Gasteiger partial charge in [0.2, 0.25) is 0 Å². The van der Waals surface area contributed by atoms with E-state index in [1.165, 1.54) is 7.11 Å². The van der Waals surface area contributed by atoms with Crippen LogP contribution in [0.15, 0.2) is 0 Å². The molecule has 1 aliphatic carbocycles. The average molecular weight is 242 g/mol. The second-order valence-corrected chi connectivity index (χ2v) is 5.01. The fourth-order valence-corrected chi connectivity index (χ4v) is 2.69. The summed E-state index contributed by atoms with van der Waals surface area (Å²) in [6, 6.07) is 0.700. The molecular weight excluding hydrogens is 216 g/mol. The lowest BCUT2D eigenvalue weighted by molar-refractivity contribution is -0.147. The van der Waals surface area contributed by atoms with Gasteiger partial charge in [-0.2, -0.15) is 0 Å². The molecule has 0 heterocycles. The summed E-state index contributed by atoms with van der Waals surface area (Å²) >= 11 is 0. The van der Waals surface area contributed by atoms with Crippen LogP contribution in [0.25, 0.3) is 0 Å². The van der Waals surface area contributed by atoms with Crippen LogP contribution in [-0.2, 0) is 9.53 Å². The lowest BCUT2D eigenvalue weighted by Crippen LogP contribution is -2.49. The Hall–Kier alpha value is -0.610. The van der Waals surface area contributed by atoms with E-state index in [0.717, 1.165) is 38.6 Å². The molecule has 2 N–H and O–H groups in total. The molecule has 0 amide bonds. The maximum atomic E-state index is 11.6. The molecule has 4 nitrogen and oxygen atoms in total. The predicted octanol–water partition coefficient (Wildman–Crippen LogP) is 1.53. The van der Waals surface area contributed by atoms with Gasteiger partial charge < -0.3 is 10.5 Å². The second-order valence-electron chi connectivity index (χ2n) is 5.01. The van der Waals surface area contributed by atoms with Gasteiger partial charge in [0.1, 0.15) is 6.04 Å². The molecule has 0 aliphatic heterocycles. The van der Waals surface area contributed by atoms with E-state index in [1.54, 1.807) is 0 Å². The van der Waals surface area contributed by atoms with Crippen molar-refractivity contribution < 1.29 is 9.53 Å². The molecule has 17 heavy (non-hydrogen) atoms. The number of nitrogens with two attached hydrogens (primary N) is 1. The zero-order chi connectivity index (χ0) is 12.8. The van der Waals surface area contributed by atoms with E-state index in [9.17, 15) is 4.79 Å². The SMILES string of the molecule is CCCN(C1CCC(N)CC1)C(C)C(=O)OC. The van der Waals surface area contributed by atoms with E-state index >= 15 is 0 Å². The number of ether oxygens (including phenoxy) is 1. The van der Waals surface area contributed by atoms with Gasteiger partial charge in [0, 0.05) is 12.1 Å². The largest absolute Gasteiger partial charge is 0.468 e. The minimum absolute atomic E-state index is 0.131. The average Bonchev–Trinajstić information content (AvgIpc) is 2.35. The van der Waals surface area contributed by atoms with Crippen LogP contribution in [0, 0.1) is 0 Å². The molecule has 4 heteroatoms. The fourth-order valence-electron chi connectivity index (χ4n) is 2.69. The van der Waals surface area contributed by atoms with Gasteiger partial charge in [0.05, 0.1) is 7.11 Å². The number of hydrogen-bond donors (Lipinski definition) is 1. The number of hydrogen-bond acceptors (Lipinski definition) is 4. The summed E-state index contributed by atoms with van der Waals surface area (Å²) in [4.78, 5) is 13.9. The molecule has 0 spiro atoms. The lowest BCUT2D eigenvalue weighted by Gasteiger charge is -2.38. The number of nitrogens with zero attached hydrogens (tertiary/aromatic N) is 1. The summed E-state index contributed by atoms with van der Waals surface area (Å²) < 4.78 is 4.85. The van der Waals surface area contributed by atoms with Gasteiger partial charge in [-0.3, -0.25) is 9.69 Å². The Bertz CT molecular complexity index is 238. The van der Waals surface area contributed by atoms with Gasteiger partial charge in [-0.1, -0.05) is 6.92 Å². The van der Waals surface area contributed by atoms with Crippen molar-refractivity contribution >= 4 is 5.97 Å². The molecule has 1 rings (SSSR count). The first-order chi connectivity index (χ1) is 8.10. The highest BCUT2D eigenvalue weighted by atomic mass is 16.5. The van der Waals surface area contributed by atoms with Crippen LogP contribution >= 0.6 is 0 Å². The zero-order valence-corrected chi connectivity index (χ0v) is 11.3. The smallest absolute Gasteiger partial charge is 0.322 e. The van der Waals surface area contributed by atoms with E-state index < -0.39 is 0 Å². The van der Waals surface area contributed by atoms with Crippen LogP contribution in [-0.4, -0.2) is 42.6 Å². The summed E-state index contributed by atoms with van der Waals surface area (Å²) in [6.45, 7) is 5.04. The Kier molecular flexibility index (Phi) is 5.92. The molecule has 1 unspecified atom stereocenters. The monoisotopic (exact) mass is 242 g/mol. The van der Waals surface area contributed by atoms with Crippen molar-refractivity contribution in [3.05, 3.63) is 0 Å². The summed E-state index contributed by atoms with van der Waals surface area (Å²) in [6.07, 6.45) is 5.40. The highest BCUT2D eigenvalue weighted by Gasteiger charge is 2.30. The standard InChI is InChI=1S/C13H26N2O2/c1-4-9-15(10(2)13(16)17-3)12-7-5-11(14)6-8-12/h10-12H,4-9,14H2,1-3H3. The van der Waals surface area contributed by atoms with Crippen molar-refractivity contribution in [2.75, 3.05) is 13.7 Å². The van der Waals surface area contributed by atoms with E-state index in [4.69, 9.17) is 10.5 Å². The third-order valence-electron chi connectivity index (χ3n) is 3.73. The number of carbonyl (C=O) groups excluding carboxylic acids is 1. The van der Waals surface area contributed by atoms with E-state index in [-0.39, 0.29) is 12.0 Å². The number of methoxy groups -OCH3 is 1. The van der Waals surface area contributed by atoms with Crippen molar-refractivity contribution in [2.45, 2.75) is 64.1 Å². The topological polar surface area (TPSA) is 55.6 Å². The van der Waals surface area contributed by atoms with Crippen LogP contribution in [0.2, 0.25) is 0 Å². The minimum Gasteiger partial charge on any atom is -0.468 e. The van der Waals surface area contributed by atoms with Crippen LogP contribution in [0.4, 0.5) is 0 Å². The molecule has 0 aromatic carbocycles. The molecule has 0 saturated heterocycles. The van der Waals surface area contributed by atoms with Crippen molar-refractivity contribution in [1.29, 1.82) is 0 Å². The first kappa shape index (κ1) is 14.5. The van der Waals surface area contributed by atoms with Gasteiger partial charge in [-0.15, -0.1) is 0 Å². The Morgan fingerprint density at radius 1 is 1.41 bits per heavy atom. The Labute approximate surface area is 104 Å². The molecule has 0 radical (unpaired) electrons. The highest BCUT2D eigenvalue weighted by molar-refractivity contribution is 5.75. The Balaban J connectivity index is 2.61. The first-order valence-corrected chi connectivity index (χ1v) is 6.69. The first-order valence-electron chi connectivity index (χ1n) is 6.69. The molecule has 1 aliphatic rings.